The summed E-state index contributed by atoms with van der Waals surface area (Å²) in [5.74, 6) is 0. The molecule has 3 aromatic carbocycles. The van der Waals surface area contributed by atoms with E-state index in [0.29, 0.717) is 0 Å². The van der Waals surface area contributed by atoms with Crippen LogP contribution in [0.5, 0.6) is 0 Å². The molecule has 0 bridgehead atoms. The minimum absolute atomic E-state index is 0.959. The Morgan fingerprint density at radius 1 is 0.600 bits per heavy atom. The minimum Gasteiger partial charge on any atom is -0.185 e. The van der Waals surface area contributed by atoms with E-state index >= 15 is 0 Å². The molecule has 0 atom stereocenters. The Hall–Kier alpha value is -2.14. The number of nitriles is 2. The van der Waals surface area contributed by atoms with Crippen LogP contribution in [0.2, 0.25) is 0 Å². The zero-order valence-corrected chi connectivity index (χ0v) is 12.0. The molecule has 0 fully saturated rings. The SMILES string of the molecule is N#CSc1c2ccccc2c(SC#N)c2ccccc12. The summed E-state index contributed by atoms with van der Waals surface area (Å²) in [5, 5.41) is 26.6. The fourth-order valence-electron chi connectivity index (χ4n) is 2.36. The smallest absolute Gasteiger partial charge is 0.138 e. The highest BCUT2D eigenvalue weighted by atomic mass is 32.2. The Morgan fingerprint density at radius 3 is 1.15 bits per heavy atom. The molecule has 0 N–H and O–H groups in total. The van der Waals surface area contributed by atoms with Gasteiger partial charge in [0.15, 0.2) is 0 Å². The lowest BCUT2D eigenvalue weighted by atomic mass is 10.0. The topological polar surface area (TPSA) is 47.6 Å². The van der Waals surface area contributed by atoms with Crippen LogP contribution < -0.4 is 0 Å². The van der Waals surface area contributed by atoms with Gasteiger partial charge >= 0.3 is 0 Å². The monoisotopic (exact) mass is 292 g/mol. The molecular weight excluding hydrogens is 284 g/mol. The molecule has 2 nitrogen and oxygen atoms in total. The zero-order valence-electron chi connectivity index (χ0n) is 10.3. The second-order valence-electron chi connectivity index (χ2n) is 4.14. The maximum absolute atomic E-state index is 9.07. The lowest BCUT2D eigenvalue weighted by Crippen LogP contribution is -1.85. The van der Waals surface area contributed by atoms with Crippen molar-refractivity contribution in [2.75, 3.05) is 0 Å². The van der Waals surface area contributed by atoms with Crippen molar-refractivity contribution in [1.29, 1.82) is 10.5 Å². The zero-order chi connectivity index (χ0) is 13.9. The van der Waals surface area contributed by atoms with Gasteiger partial charge in [-0.15, -0.1) is 0 Å². The second-order valence-corrected chi connectivity index (χ2v) is 5.73. The van der Waals surface area contributed by atoms with Gasteiger partial charge in [-0.25, -0.2) is 0 Å². The van der Waals surface area contributed by atoms with E-state index in [0.717, 1.165) is 31.3 Å². The predicted molar refractivity (Wildman–Crippen MR) is 84.4 cm³/mol. The van der Waals surface area contributed by atoms with Crippen molar-refractivity contribution >= 4 is 45.1 Å². The third-order valence-electron chi connectivity index (χ3n) is 3.13. The molecule has 0 aliphatic carbocycles. The third-order valence-corrected chi connectivity index (χ3v) is 4.60. The number of thioether (sulfide) groups is 2. The van der Waals surface area contributed by atoms with Crippen molar-refractivity contribution in [3.63, 3.8) is 0 Å². The number of nitrogens with zero attached hydrogens (tertiary/aromatic N) is 2. The highest BCUT2D eigenvalue weighted by Gasteiger charge is 2.14. The first-order valence-electron chi connectivity index (χ1n) is 5.92. The van der Waals surface area contributed by atoms with Crippen molar-refractivity contribution in [2.24, 2.45) is 0 Å². The molecule has 4 heteroatoms. The molecule has 0 saturated carbocycles. The first kappa shape index (κ1) is 12.9. The predicted octanol–water partition coefficient (Wildman–Crippen LogP) is 5.14. The van der Waals surface area contributed by atoms with Gasteiger partial charge in [0.25, 0.3) is 0 Å². The highest BCUT2D eigenvalue weighted by Crippen LogP contribution is 2.42. The summed E-state index contributed by atoms with van der Waals surface area (Å²) in [6.07, 6.45) is 0. The molecule has 0 aliphatic rings. The average molecular weight is 292 g/mol. The van der Waals surface area contributed by atoms with Gasteiger partial charge in [-0.2, -0.15) is 10.5 Å². The van der Waals surface area contributed by atoms with Crippen LogP contribution in [-0.2, 0) is 0 Å². The second kappa shape index (κ2) is 5.46. The van der Waals surface area contributed by atoms with Gasteiger partial charge in [0, 0.05) is 9.79 Å². The van der Waals surface area contributed by atoms with Gasteiger partial charge < -0.3 is 0 Å². The summed E-state index contributed by atoms with van der Waals surface area (Å²) in [7, 11) is 0. The van der Waals surface area contributed by atoms with E-state index in [1.165, 1.54) is 23.5 Å². The number of thiocyanates is 2. The molecule has 0 unspecified atom stereocenters. The fourth-order valence-corrected chi connectivity index (χ4v) is 3.69. The van der Waals surface area contributed by atoms with Crippen molar-refractivity contribution in [2.45, 2.75) is 9.79 Å². The van der Waals surface area contributed by atoms with Crippen LogP contribution >= 0.6 is 23.5 Å². The highest BCUT2D eigenvalue weighted by molar-refractivity contribution is 8.04. The Morgan fingerprint density at radius 2 is 0.900 bits per heavy atom. The van der Waals surface area contributed by atoms with Crippen LogP contribution in [0.3, 0.4) is 0 Å². The molecule has 3 rings (SSSR count). The maximum atomic E-state index is 9.07. The number of rotatable bonds is 2. The summed E-state index contributed by atoms with van der Waals surface area (Å²) in [5.41, 5.74) is 0. The molecule has 0 heterocycles. The van der Waals surface area contributed by atoms with Crippen molar-refractivity contribution in [3.05, 3.63) is 48.5 Å². The van der Waals surface area contributed by atoms with Crippen LogP contribution in [0.4, 0.5) is 0 Å². The molecule has 20 heavy (non-hydrogen) atoms. The molecule has 0 radical (unpaired) electrons. The molecule has 3 aromatic rings. The van der Waals surface area contributed by atoms with Crippen LogP contribution in [0.25, 0.3) is 21.5 Å². The Bertz CT molecular complexity index is 757. The summed E-state index contributed by atoms with van der Waals surface area (Å²) >= 11 is 2.35. The van der Waals surface area contributed by atoms with E-state index in [-0.39, 0.29) is 0 Å². The first-order chi connectivity index (χ1) is 9.86. The largest absolute Gasteiger partial charge is 0.185 e. The van der Waals surface area contributed by atoms with E-state index in [1.54, 1.807) is 0 Å². The van der Waals surface area contributed by atoms with E-state index in [4.69, 9.17) is 10.5 Å². The van der Waals surface area contributed by atoms with Crippen molar-refractivity contribution < 1.29 is 0 Å². The maximum Gasteiger partial charge on any atom is 0.138 e. The van der Waals surface area contributed by atoms with Crippen LogP contribution in [-0.4, -0.2) is 0 Å². The normalized spacial score (nSPS) is 10.3. The Kier molecular flexibility index (Phi) is 3.52. The Balaban J connectivity index is 2.56. The van der Waals surface area contributed by atoms with Crippen LogP contribution in [0.1, 0.15) is 0 Å². The van der Waals surface area contributed by atoms with E-state index in [2.05, 4.69) is 10.8 Å². The first-order valence-corrected chi connectivity index (χ1v) is 7.55. The molecule has 0 saturated heterocycles. The van der Waals surface area contributed by atoms with Crippen molar-refractivity contribution in [3.8, 4) is 10.8 Å². The number of benzene rings is 3. The molecular formula is C16H8N2S2. The van der Waals surface area contributed by atoms with Gasteiger partial charge in [-0.05, 0) is 45.1 Å². The molecule has 0 spiro atoms. The van der Waals surface area contributed by atoms with E-state index < -0.39 is 0 Å². The standard InChI is InChI=1S/C16H8N2S2/c17-9-19-15-11-5-1-2-6-12(11)16(20-10-18)14-8-4-3-7-13(14)15/h1-8H. The van der Waals surface area contributed by atoms with E-state index in [9.17, 15) is 0 Å². The molecule has 0 aliphatic heterocycles. The lowest BCUT2D eigenvalue weighted by Gasteiger charge is -2.12. The lowest BCUT2D eigenvalue weighted by molar-refractivity contribution is 1.53. The molecule has 0 amide bonds. The summed E-state index contributed by atoms with van der Waals surface area (Å²) < 4.78 is 0. The van der Waals surface area contributed by atoms with E-state index in [1.807, 2.05) is 48.5 Å². The summed E-state index contributed by atoms with van der Waals surface area (Å²) in [6, 6.07) is 15.8. The van der Waals surface area contributed by atoms with Gasteiger partial charge in [-0.1, -0.05) is 48.5 Å². The van der Waals surface area contributed by atoms with Gasteiger partial charge in [0.1, 0.15) is 10.8 Å². The minimum atomic E-state index is 0.959. The number of fused-ring (bicyclic) bond motifs is 2. The molecule has 94 valence electrons. The Labute approximate surface area is 125 Å². The summed E-state index contributed by atoms with van der Waals surface area (Å²) in [6.45, 7) is 0. The number of hydrogen-bond acceptors (Lipinski definition) is 4. The quantitative estimate of drug-likeness (QED) is 0.373. The van der Waals surface area contributed by atoms with Gasteiger partial charge in [0.2, 0.25) is 0 Å². The third kappa shape index (κ3) is 2.00. The fraction of sp³-hybridized carbons (Fsp3) is 0. The van der Waals surface area contributed by atoms with Gasteiger partial charge in [0.05, 0.1) is 0 Å². The summed E-state index contributed by atoms with van der Waals surface area (Å²) in [4.78, 5) is 1.92. The number of hydrogen-bond donors (Lipinski definition) is 0. The van der Waals surface area contributed by atoms with Gasteiger partial charge in [-0.3, -0.25) is 0 Å². The van der Waals surface area contributed by atoms with Crippen molar-refractivity contribution in [1.82, 2.24) is 0 Å². The molecule has 0 aromatic heterocycles. The van der Waals surface area contributed by atoms with Crippen LogP contribution in [0.15, 0.2) is 58.3 Å². The van der Waals surface area contributed by atoms with Crippen LogP contribution in [0, 0.1) is 21.3 Å². The average Bonchev–Trinajstić information content (AvgIpc) is 2.50.